The highest BCUT2D eigenvalue weighted by Crippen LogP contribution is 2.53. The third kappa shape index (κ3) is 5.25. The van der Waals surface area contributed by atoms with Crippen molar-refractivity contribution in [2.75, 3.05) is 13.7 Å². The standard InChI is InChI=1S/C36H34N4O6S/c1-21-28(47-20-38-21)15-16-40-33(41)29-30(34(40)42)36(35(43)44,17-23-18-37-26-13-7-6-11-24(23)26)39-31(29)25-12-8-14-27(45-2)32(25)46-19-22-9-4-3-5-10-22/h3-14,18,20,29-31,37,39H,15-17,19H2,1-2H3,(H,43,44). The van der Waals surface area contributed by atoms with E-state index in [2.05, 4.69) is 15.3 Å². The van der Waals surface area contributed by atoms with E-state index in [0.29, 0.717) is 23.5 Å². The molecule has 4 unspecified atom stereocenters. The molecule has 10 nitrogen and oxygen atoms in total. The zero-order valence-electron chi connectivity index (χ0n) is 25.9. The number of aromatic amines is 1. The summed E-state index contributed by atoms with van der Waals surface area (Å²) >= 11 is 1.47. The second kappa shape index (κ2) is 12.3. The van der Waals surface area contributed by atoms with Crippen LogP contribution >= 0.6 is 11.3 Å². The number of methoxy groups -OCH3 is 1. The summed E-state index contributed by atoms with van der Waals surface area (Å²) in [4.78, 5) is 52.1. The van der Waals surface area contributed by atoms with Crippen molar-refractivity contribution in [1.29, 1.82) is 0 Å². The summed E-state index contributed by atoms with van der Waals surface area (Å²) in [7, 11) is 1.53. The van der Waals surface area contributed by atoms with Gasteiger partial charge in [-0.2, -0.15) is 0 Å². The van der Waals surface area contributed by atoms with Gasteiger partial charge in [-0.05, 0) is 30.2 Å². The van der Waals surface area contributed by atoms with E-state index in [1.54, 1.807) is 23.8 Å². The van der Waals surface area contributed by atoms with E-state index in [4.69, 9.17) is 9.47 Å². The molecule has 0 aliphatic carbocycles. The van der Waals surface area contributed by atoms with E-state index in [-0.39, 0.29) is 19.6 Å². The molecule has 2 aliphatic heterocycles. The van der Waals surface area contributed by atoms with E-state index in [1.807, 2.05) is 67.6 Å². The fourth-order valence-electron chi connectivity index (χ4n) is 7.17. The SMILES string of the molecule is COc1cccc(C2NC(Cc3c[nH]c4ccccc34)(C(=O)O)C3C(=O)N(CCc4scnc4C)C(=O)C23)c1OCc1ccccc1. The largest absolute Gasteiger partial charge is 0.493 e. The number of ether oxygens (including phenoxy) is 2. The Morgan fingerprint density at radius 3 is 2.57 bits per heavy atom. The zero-order valence-corrected chi connectivity index (χ0v) is 26.8. The number of carboxylic acid groups (broad SMARTS) is 1. The lowest BCUT2D eigenvalue weighted by Crippen LogP contribution is -2.57. The van der Waals surface area contributed by atoms with Crippen molar-refractivity contribution in [3.05, 3.63) is 112 Å². The van der Waals surface area contributed by atoms with Gasteiger partial charge in [0.2, 0.25) is 11.8 Å². The Morgan fingerprint density at radius 2 is 1.83 bits per heavy atom. The molecule has 47 heavy (non-hydrogen) atoms. The third-order valence-corrected chi connectivity index (χ3v) is 10.5. The monoisotopic (exact) mass is 650 g/mol. The predicted molar refractivity (Wildman–Crippen MR) is 176 cm³/mol. The molecule has 0 radical (unpaired) electrons. The first-order chi connectivity index (χ1) is 22.8. The molecule has 240 valence electrons. The second-order valence-electron chi connectivity index (χ2n) is 12.0. The van der Waals surface area contributed by atoms with Gasteiger partial charge in [0.05, 0.1) is 30.2 Å². The van der Waals surface area contributed by atoms with Gasteiger partial charge in [-0.25, -0.2) is 4.98 Å². The Morgan fingerprint density at radius 1 is 1.04 bits per heavy atom. The number of carbonyl (C=O) groups excluding carboxylic acids is 2. The fraction of sp³-hybridized carbons (Fsp3) is 0.278. The van der Waals surface area contributed by atoms with Crippen molar-refractivity contribution in [3.63, 3.8) is 0 Å². The van der Waals surface area contributed by atoms with Crippen LogP contribution in [0.25, 0.3) is 10.9 Å². The molecular weight excluding hydrogens is 616 g/mol. The van der Waals surface area contributed by atoms with Crippen molar-refractivity contribution in [2.45, 2.75) is 38.0 Å². The maximum Gasteiger partial charge on any atom is 0.325 e. The molecule has 5 aromatic rings. The highest BCUT2D eigenvalue weighted by Gasteiger charge is 2.68. The van der Waals surface area contributed by atoms with Gasteiger partial charge in [-0.15, -0.1) is 11.3 Å². The van der Waals surface area contributed by atoms with Crippen molar-refractivity contribution in [2.24, 2.45) is 11.8 Å². The molecule has 3 aromatic carbocycles. The number of nitrogens with zero attached hydrogens (tertiary/aromatic N) is 2. The van der Waals surface area contributed by atoms with Crippen LogP contribution in [-0.4, -0.2) is 57.0 Å². The molecule has 7 rings (SSSR count). The molecule has 0 saturated carbocycles. The molecular formula is C36H34N4O6S. The summed E-state index contributed by atoms with van der Waals surface area (Å²) in [6.07, 6.45) is 2.21. The average molecular weight is 651 g/mol. The Kier molecular flexibility index (Phi) is 8.03. The first-order valence-electron chi connectivity index (χ1n) is 15.5. The number of hydrogen-bond donors (Lipinski definition) is 3. The molecule has 2 saturated heterocycles. The molecule has 2 fully saturated rings. The van der Waals surface area contributed by atoms with Crippen molar-refractivity contribution in [1.82, 2.24) is 20.2 Å². The molecule has 4 atom stereocenters. The van der Waals surface area contributed by atoms with E-state index < -0.39 is 41.2 Å². The lowest BCUT2D eigenvalue weighted by molar-refractivity contribution is -0.151. The minimum atomic E-state index is -1.79. The molecule has 2 amide bonds. The summed E-state index contributed by atoms with van der Waals surface area (Å²) in [5.41, 5.74) is 3.88. The lowest BCUT2D eigenvalue weighted by atomic mass is 9.76. The summed E-state index contributed by atoms with van der Waals surface area (Å²) in [5, 5.41) is 15.3. The summed E-state index contributed by atoms with van der Waals surface area (Å²) in [6, 6.07) is 21.8. The van der Waals surface area contributed by atoms with Crippen LogP contribution in [0.4, 0.5) is 0 Å². The van der Waals surface area contributed by atoms with Crippen LogP contribution in [-0.2, 0) is 33.8 Å². The highest BCUT2D eigenvalue weighted by atomic mass is 32.1. The van der Waals surface area contributed by atoms with E-state index in [0.717, 1.165) is 32.6 Å². The van der Waals surface area contributed by atoms with Crippen LogP contribution in [0.15, 0.2) is 84.5 Å². The highest BCUT2D eigenvalue weighted by molar-refractivity contribution is 7.09. The minimum Gasteiger partial charge on any atom is -0.493 e. The Hall–Kier alpha value is -5.00. The number of aliphatic carboxylic acids is 1. The zero-order chi connectivity index (χ0) is 32.7. The van der Waals surface area contributed by atoms with Gasteiger partial charge in [0, 0.05) is 53.0 Å². The number of aromatic nitrogens is 2. The summed E-state index contributed by atoms with van der Waals surface area (Å²) < 4.78 is 12.1. The number of likely N-dealkylation sites (tertiary alicyclic amines) is 1. The van der Waals surface area contributed by atoms with Crippen molar-refractivity contribution < 1.29 is 29.0 Å². The van der Waals surface area contributed by atoms with Crippen LogP contribution in [0.1, 0.15) is 33.3 Å². The number of fused-ring (bicyclic) bond motifs is 2. The number of rotatable bonds is 11. The first kappa shape index (κ1) is 30.6. The van der Waals surface area contributed by atoms with Crippen LogP contribution in [0.5, 0.6) is 11.5 Å². The van der Waals surface area contributed by atoms with E-state index in [1.165, 1.54) is 23.3 Å². The van der Waals surface area contributed by atoms with Gasteiger partial charge in [0.15, 0.2) is 11.5 Å². The maximum absolute atomic E-state index is 14.4. The van der Waals surface area contributed by atoms with Crippen LogP contribution in [0, 0.1) is 18.8 Å². The number of nitrogens with one attached hydrogen (secondary N) is 2. The van der Waals surface area contributed by atoms with Crippen molar-refractivity contribution in [3.8, 4) is 11.5 Å². The van der Waals surface area contributed by atoms with Gasteiger partial charge in [0.1, 0.15) is 12.1 Å². The van der Waals surface area contributed by atoms with Crippen LogP contribution < -0.4 is 14.8 Å². The molecule has 0 spiro atoms. The second-order valence-corrected chi connectivity index (χ2v) is 13.0. The lowest BCUT2D eigenvalue weighted by Gasteiger charge is -2.31. The summed E-state index contributed by atoms with van der Waals surface area (Å²) in [5.74, 6) is -3.42. The quantitative estimate of drug-likeness (QED) is 0.169. The van der Waals surface area contributed by atoms with E-state index >= 15 is 0 Å². The fourth-order valence-corrected chi connectivity index (χ4v) is 7.94. The number of hydrogen-bond acceptors (Lipinski definition) is 8. The van der Waals surface area contributed by atoms with Gasteiger partial charge in [-0.1, -0.05) is 60.7 Å². The van der Waals surface area contributed by atoms with Crippen molar-refractivity contribution >= 4 is 40.0 Å². The molecule has 0 bridgehead atoms. The number of para-hydroxylation sites is 2. The van der Waals surface area contributed by atoms with Gasteiger partial charge >= 0.3 is 5.97 Å². The average Bonchev–Trinajstić information content (AvgIpc) is 3.84. The van der Waals surface area contributed by atoms with Gasteiger partial charge < -0.3 is 19.6 Å². The van der Waals surface area contributed by atoms with Gasteiger partial charge in [0.25, 0.3) is 0 Å². The number of carboxylic acids is 1. The van der Waals surface area contributed by atoms with Gasteiger partial charge in [-0.3, -0.25) is 24.6 Å². The Labute approximate surface area is 275 Å². The van der Waals surface area contributed by atoms with E-state index in [9.17, 15) is 19.5 Å². The van der Waals surface area contributed by atoms with Crippen LogP contribution in [0.3, 0.4) is 0 Å². The molecule has 4 heterocycles. The number of amides is 2. The minimum absolute atomic E-state index is 0.0188. The predicted octanol–water partition coefficient (Wildman–Crippen LogP) is 5.07. The number of carbonyl (C=O) groups is 3. The number of H-pyrrole nitrogens is 1. The number of thiazole rings is 1. The molecule has 2 aromatic heterocycles. The topological polar surface area (TPSA) is 134 Å². The van der Waals surface area contributed by atoms with Crippen LogP contribution in [0.2, 0.25) is 0 Å². The number of aryl methyl sites for hydroxylation is 1. The molecule has 3 N–H and O–H groups in total. The Bertz CT molecular complexity index is 1970. The molecule has 11 heteroatoms. The number of imide groups is 1. The normalized spacial score (nSPS) is 22.2. The maximum atomic E-state index is 14.4. The smallest absolute Gasteiger partial charge is 0.325 e. The summed E-state index contributed by atoms with van der Waals surface area (Å²) in [6.45, 7) is 2.25. The third-order valence-electron chi connectivity index (χ3n) is 9.47. The molecule has 2 aliphatic rings. The first-order valence-corrected chi connectivity index (χ1v) is 16.3. The number of benzene rings is 3. The Balaban J connectivity index is 1.32.